The van der Waals surface area contributed by atoms with Crippen molar-refractivity contribution in [3.05, 3.63) is 20.2 Å². The van der Waals surface area contributed by atoms with Crippen molar-refractivity contribution in [2.45, 2.75) is 6.92 Å². The Morgan fingerprint density at radius 2 is 2.38 bits per heavy atom. The largest absolute Gasteiger partial charge is 0.461 e. The second kappa shape index (κ2) is 4.66. The molecular formula is C9H7BrIN3O2. The van der Waals surface area contributed by atoms with E-state index in [1.807, 2.05) is 22.6 Å². The van der Waals surface area contributed by atoms with Gasteiger partial charge in [-0.25, -0.2) is 14.8 Å². The first kappa shape index (κ1) is 11.8. The molecule has 84 valence electrons. The van der Waals surface area contributed by atoms with Crippen molar-refractivity contribution in [2.24, 2.45) is 0 Å². The number of fused-ring (bicyclic) bond motifs is 1. The second-order valence-corrected chi connectivity index (χ2v) is 4.74. The van der Waals surface area contributed by atoms with Crippen LogP contribution in [-0.2, 0) is 4.74 Å². The fraction of sp³-hybridized carbons (Fsp3) is 0.222. The molecule has 2 aromatic rings. The van der Waals surface area contributed by atoms with Crippen LogP contribution in [0.15, 0.2) is 10.7 Å². The van der Waals surface area contributed by atoms with Crippen LogP contribution in [0.1, 0.15) is 17.4 Å². The average Bonchev–Trinajstić information content (AvgIpc) is 2.60. The van der Waals surface area contributed by atoms with Gasteiger partial charge in [-0.2, -0.15) is 0 Å². The molecule has 5 nitrogen and oxygen atoms in total. The lowest BCUT2D eigenvalue weighted by Gasteiger charge is -2.02. The van der Waals surface area contributed by atoms with E-state index < -0.39 is 5.97 Å². The van der Waals surface area contributed by atoms with E-state index in [0.717, 1.165) is 4.47 Å². The van der Waals surface area contributed by atoms with Crippen LogP contribution in [0, 0.1) is 3.83 Å². The highest BCUT2D eigenvalue weighted by Gasteiger charge is 2.17. The van der Waals surface area contributed by atoms with Crippen LogP contribution in [0.4, 0.5) is 0 Å². The van der Waals surface area contributed by atoms with Crippen LogP contribution in [0.2, 0.25) is 0 Å². The molecule has 0 aliphatic rings. The first-order valence-corrected chi connectivity index (χ1v) is 6.38. The summed E-state index contributed by atoms with van der Waals surface area (Å²) in [4.78, 5) is 22.9. The highest BCUT2D eigenvalue weighted by atomic mass is 127. The lowest BCUT2D eigenvalue weighted by atomic mass is 10.3. The molecule has 0 radical (unpaired) electrons. The van der Waals surface area contributed by atoms with Crippen LogP contribution in [0.5, 0.6) is 0 Å². The molecule has 0 spiro atoms. The normalized spacial score (nSPS) is 10.7. The predicted octanol–water partition coefficient (Wildman–Crippen LogP) is 2.50. The second-order valence-electron chi connectivity index (χ2n) is 2.92. The van der Waals surface area contributed by atoms with Crippen LogP contribution >= 0.6 is 38.5 Å². The summed E-state index contributed by atoms with van der Waals surface area (Å²) >= 11 is 5.31. The number of carbonyl (C=O) groups excluding carboxylic acids is 1. The van der Waals surface area contributed by atoms with Gasteiger partial charge in [0.1, 0.15) is 5.52 Å². The van der Waals surface area contributed by atoms with Crippen LogP contribution < -0.4 is 0 Å². The quantitative estimate of drug-likeness (QED) is 0.482. The lowest BCUT2D eigenvalue weighted by molar-refractivity contribution is 0.0521. The molecule has 7 heteroatoms. The Bertz CT molecular complexity index is 555. The summed E-state index contributed by atoms with van der Waals surface area (Å²) in [6.07, 6.45) is 1.72. The summed E-state index contributed by atoms with van der Waals surface area (Å²) in [5.74, 6) is -0.442. The maximum absolute atomic E-state index is 11.7. The van der Waals surface area contributed by atoms with Crippen LogP contribution in [0.3, 0.4) is 0 Å². The minimum Gasteiger partial charge on any atom is -0.461 e. The van der Waals surface area contributed by atoms with Crippen LogP contribution in [-0.4, -0.2) is 27.5 Å². The first-order valence-electron chi connectivity index (χ1n) is 4.50. The third kappa shape index (κ3) is 2.05. The Balaban J connectivity index is 2.64. The molecule has 2 heterocycles. The molecule has 1 N–H and O–H groups in total. The van der Waals surface area contributed by atoms with Gasteiger partial charge >= 0.3 is 5.97 Å². The average molecular weight is 396 g/mol. The molecule has 0 aliphatic carbocycles. The fourth-order valence-corrected chi connectivity index (χ4v) is 2.18. The smallest absolute Gasteiger partial charge is 0.359 e. The van der Waals surface area contributed by atoms with Crippen molar-refractivity contribution in [2.75, 3.05) is 6.61 Å². The molecule has 0 amide bonds. The van der Waals surface area contributed by atoms with Crippen molar-refractivity contribution < 1.29 is 9.53 Å². The molecule has 0 aliphatic heterocycles. The molecule has 0 fully saturated rings. The summed E-state index contributed by atoms with van der Waals surface area (Å²) in [7, 11) is 0. The summed E-state index contributed by atoms with van der Waals surface area (Å²) in [6.45, 7) is 2.08. The van der Waals surface area contributed by atoms with Crippen molar-refractivity contribution in [3.63, 3.8) is 0 Å². The van der Waals surface area contributed by atoms with Crippen molar-refractivity contribution in [1.82, 2.24) is 15.0 Å². The van der Waals surface area contributed by atoms with Crippen molar-refractivity contribution in [1.29, 1.82) is 0 Å². The maximum Gasteiger partial charge on any atom is 0.359 e. The zero-order valence-corrected chi connectivity index (χ0v) is 12.0. The van der Waals surface area contributed by atoms with Crippen LogP contribution in [0.25, 0.3) is 11.0 Å². The van der Waals surface area contributed by atoms with Gasteiger partial charge in [-0.05, 0) is 22.9 Å². The van der Waals surface area contributed by atoms with E-state index in [9.17, 15) is 4.79 Å². The highest BCUT2D eigenvalue weighted by Crippen LogP contribution is 2.24. The van der Waals surface area contributed by atoms with Gasteiger partial charge in [-0.3, -0.25) is 0 Å². The zero-order chi connectivity index (χ0) is 11.7. The summed E-state index contributed by atoms with van der Waals surface area (Å²) in [5.41, 5.74) is 1.54. The van der Waals surface area contributed by atoms with E-state index in [4.69, 9.17) is 4.74 Å². The van der Waals surface area contributed by atoms with Gasteiger partial charge in [0.2, 0.25) is 0 Å². The maximum atomic E-state index is 11.7. The zero-order valence-electron chi connectivity index (χ0n) is 8.25. The van der Waals surface area contributed by atoms with E-state index in [0.29, 0.717) is 21.5 Å². The van der Waals surface area contributed by atoms with E-state index in [1.54, 1.807) is 13.1 Å². The number of halogens is 2. The van der Waals surface area contributed by atoms with Gasteiger partial charge in [0.25, 0.3) is 0 Å². The van der Waals surface area contributed by atoms with E-state index in [2.05, 4.69) is 30.9 Å². The Hall–Kier alpha value is -0.700. The molecule has 16 heavy (non-hydrogen) atoms. The van der Waals surface area contributed by atoms with Gasteiger partial charge in [-0.1, -0.05) is 0 Å². The van der Waals surface area contributed by atoms with Gasteiger partial charge < -0.3 is 9.72 Å². The minimum absolute atomic E-state index is 0.266. The summed E-state index contributed by atoms with van der Waals surface area (Å²) in [5, 5.41) is 0. The molecule has 0 bridgehead atoms. The van der Waals surface area contributed by atoms with Gasteiger partial charge in [-0.15, -0.1) is 0 Å². The summed E-state index contributed by atoms with van der Waals surface area (Å²) < 4.78 is 6.24. The van der Waals surface area contributed by atoms with E-state index in [-0.39, 0.29) is 5.69 Å². The van der Waals surface area contributed by atoms with Crippen molar-refractivity contribution in [3.8, 4) is 0 Å². The molecule has 0 unspecified atom stereocenters. The fourth-order valence-electron chi connectivity index (χ4n) is 1.29. The number of nitrogens with zero attached hydrogens (tertiary/aromatic N) is 2. The first-order chi connectivity index (χ1) is 7.63. The predicted molar refractivity (Wildman–Crippen MR) is 70.3 cm³/mol. The molecule has 2 aromatic heterocycles. The number of aromatic nitrogens is 3. The number of carbonyl (C=O) groups is 1. The SMILES string of the molecule is CCOC(=O)c1nc(I)nc2c(Br)c[nH]c12. The van der Waals surface area contributed by atoms with Crippen molar-refractivity contribution >= 4 is 55.5 Å². The highest BCUT2D eigenvalue weighted by molar-refractivity contribution is 14.1. The number of ether oxygens (including phenoxy) is 1. The Morgan fingerprint density at radius 1 is 1.62 bits per heavy atom. The third-order valence-electron chi connectivity index (χ3n) is 1.92. The van der Waals surface area contributed by atoms with Gasteiger partial charge in [0.15, 0.2) is 9.53 Å². The van der Waals surface area contributed by atoms with E-state index >= 15 is 0 Å². The molecule has 0 saturated heterocycles. The number of nitrogens with one attached hydrogen (secondary N) is 1. The third-order valence-corrected chi connectivity index (χ3v) is 3.01. The standard InChI is InChI=1S/C9H7BrIN3O2/c1-2-16-8(15)7-6-5(4(10)3-12-6)13-9(11)14-7/h3,12H,2H2,1H3. The van der Waals surface area contributed by atoms with Gasteiger partial charge in [0, 0.05) is 28.8 Å². The Labute approximate surface area is 113 Å². The molecule has 0 saturated carbocycles. The Morgan fingerprint density at radius 3 is 3.06 bits per heavy atom. The molecule has 2 rings (SSSR count). The number of rotatable bonds is 2. The Kier molecular flexibility index (Phi) is 3.43. The number of hydrogen-bond acceptors (Lipinski definition) is 4. The monoisotopic (exact) mass is 395 g/mol. The lowest BCUT2D eigenvalue weighted by Crippen LogP contribution is -2.09. The minimum atomic E-state index is -0.442. The number of aromatic amines is 1. The molecular weight excluding hydrogens is 389 g/mol. The number of H-pyrrole nitrogens is 1. The summed E-state index contributed by atoms with van der Waals surface area (Å²) in [6, 6.07) is 0. The number of esters is 1. The molecule has 0 atom stereocenters. The van der Waals surface area contributed by atoms with E-state index in [1.165, 1.54) is 0 Å². The molecule has 0 aromatic carbocycles. The van der Waals surface area contributed by atoms with Gasteiger partial charge in [0.05, 0.1) is 16.6 Å². The number of hydrogen-bond donors (Lipinski definition) is 1. The topological polar surface area (TPSA) is 67.9 Å².